The minimum Gasteiger partial charge on any atom is -0.292 e. The SMILES string of the molecule is Cc1ccc(C(=O)OO[C]2CCCCC2C(C)(C)C)c(C)c1. The summed E-state index contributed by atoms with van der Waals surface area (Å²) in [6.45, 7) is 10.5. The molecule has 1 radical (unpaired) electrons. The molecule has 1 atom stereocenters. The molecule has 0 aromatic heterocycles. The van der Waals surface area contributed by atoms with Gasteiger partial charge in [-0.05, 0) is 43.7 Å². The van der Waals surface area contributed by atoms with Gasteiger partial charge in [0.1, 0.15) is 0 Å². The number of carbonyl (C=O) groups excluding carboxylic acids is 1. The van der Waals surface area contributed by atoms with E-state index in [4.69, 9.17) is 9.78 Å². The Balaban J connectivity index is 2.00. The van der Waals surface area contributed by atoms with Crippen molar-refractivity contribution in [1.29, 1.82) is 0 Å². The largest absolute Gasteiger partial charge is 0.373 e. The van der Waals surface area contributed by atoms with E-state index < -0.39 is 5.97 Å². The molecule has 3 heteroatoms. The number of aryl methyl sites for hydroxylation is 2. The van der Waals surface area contributed by atoms with Gasteiger partial charge in [0.15, 0.2) is 6.10 Å². The van der Waals surface area contributed by atoms with Gasteiger partial charge in [-0.1, -0.05) is 51.3 Å². The first kappa shape index (κ1) is 17.0. The predicted octanol–water partition coefficient (Wildman–Crippen LogP) is 5.16. The zero-order chi connectivity index (χ0) is 16.3. The van der Waals surface area contributed by atoms with Gasteiger partial charge in [0.05, 0.1) is 5.56 Å². The van der Waals surface area contributed by atoms with E-state index in [1.807, 2.05) is 26.0 Å². The molecule has 1 unspecified atom stereocenters. The van der Waals surface area contributed by atoms with Crippen molar-refractivity contribution in [2.75, 3.05) is 0 Å². The van der Waals surface area contributed by atoms with Crippen molar-refractivity contribution in [1.82, 2.24) is 0 Å². The third-order valence-corrected chi connectivity index (χ3v) is 4.43. The van der Waals surface area contributed by atoms with E-state index in [1.54, 1.807) is 6.07 Å². The van der Waals surface area contributed by atoms with Crippen LogP contribution in [0.3, 0.4) is 0 Å². The van der Waals surface area contributed by atoms with Gasteiger partial charge in [-0.15, -0.1) is 0 Å². The molecule has 1 fully saturated rings. The average Bonchev–Trinajstić information content (AvgIpc) is 2.44. The smallest absolute Gasteiger partial charge is 0.292 e. The Hall–Kier alpha value is -1.35. The summed E-state index contributed by atoms with van der Waals surface area (Å²) < 4.78 is 0. The number of carbonyl (C=O) groups is 1. The van der Waals surface area contributed by atoms with E-state index in [0.717, 1.165) is 36.5 Å². The van der Waals surface area contributed by atoms with E-state index in [2.05, 4.69) is 20.8 Å². The van der Waals surface area contributed by atoms with Crippen molar-refractivity contribution in [2.24, 2.45) is 11.3 Å². The van der Waals surface area contributed by atoms with Crippen LogP contribution in [0, 0.1) is 31.3 Å². The maximum Gasteiger partial charge on any atom is 0.373 e. The summed E-state index contributed by atoms with van der Waals surface area (Å²) in [6.07, 6.45) is 5.20. The first-order chi connectivity index (χ1) is 10.3. The Labute approximate surface area is 133 Å². The minimum absolute atomic E-state index is 0.127. The summed E-state index contributed by atoms with van der Waals surface area (Å²) in [5.41, 5.74) is 2.73. The topological polar surface area (TPSA) is 35.5 Å². The first-order valence-electron chi connectivity index (χ1n) is 8.11. The molecule has 3 nitrogen and oxygen atoms in total. The van der Waals surface area contributed by atoms with Crippen LogP contribution in [0.5, 0.6) is 0 Å². The Bertz CT molecular complexity index is 528. The van der Waals surface area contributed by atoms with Crippen LogP contribution in [-0.4, -0.2) is 5.97 Å². The normalized spacial score (nSPS) is 20.0. The van der Waals surface area contributed by atoms with Crippen molar-refractivity contribution < 1.29 is 14.6 Å². The second-order valence-corrected chi connectivity index (χ2v) is 7.40. The fourth-order valence-electron chi connectivity index (χ4n) is 3.18. The number of benzene rings is 1. The highest BCUT2D eigenvalue weighted by Gasteiger charge is 2.37. The Kier molecular flexibility index (Phi) is 5.28. The number of hydrogen-bond donors (Lipinski definition) is 0. The van der Waals surface area contributed by atoms with Crippen molar-refractivity contribution in [2.45, 2.75) is 60.3 Å². The Morgan fingerprint density at radius 1 is 1.18 bits per heavy atom. The van der Waals surface area contributed by atoms with Gasteiger partial charge in [-0.25, -0.2) is 4.79 Å². The summed E-state index contributed by atoms with van der Waals surface area (Å²) in [4.78, 5) is 22.8. The summed E-state index contributed by atoms with van der Waals surface area (Å²) in [7, 11) is 0. The van der Waals surface area contributed by atoms with E-state index >= 15 is 0 Å². The van der Waals surface area contributed by atoms with Crippen molar-refractivity contribution in [3.05, 3.63) is 41.0 Å². The van der Waals surface area contributed by atoms with Gasteiger partial charge in [0.2, 0.25) is 0 Å². The Morgan fingerprint density at radius 2 is 1.91 bits per heavy atom. The lowest BCUT2D eigenvalue weighted by Gasteiger charge is -2.37. The maximum atomic E-state index is 12.2. The standard InChI is InChI=1S/C19H27O3/c1-13-10-11-15(14(2)12-13)18(20)22-21-17-9-7-6-8-16(17)19(3,4)5/h10-12,16H,6-9H2,1-5H3. The molecule has 1 aromatic rings. The fourth-order valence-corrected chi connectivity index (χ4v) is 3.18. The molecule has 0 aliphatic heterocycles. The summed E-state index contributed by atoms with van der Waals surface area (Å²) in [6, 6.07) is 5.68. The van der Waals surface area contributed by atoms with E-state index in [-0.39, 0.29) is 5.41 Å². The molecular formula is C19H27O3. The lowest BCUT2D eigenvalue weighted by Crippen LogP contribution is -2.31. The minimum atomic E-state index is -0.414. The lowest BCUT2D eigenvalue weighted by atomic mass is 9.71. The van der Waals surface area contributed by atoms with Gasteiger partial charge in [0, 0.05) is 5.92 Å². The van der Waals surface area contributed by atoms with Crippen LogP contribution in [0.25, 0.3) is 0 Å². The van der Waals surface area contributed by atoms with Crippen molar-refractivity contribution >= 4 is 5.97 Å². The first-order valence-corrected chi connectivity index (χ1v) is 8.11. The summed E-state index contributed by atoms with van der Waals surface area (Å²) in [5.74, 6) is -0.0728. The second kappa shape index (κ2) is 6.82. The highest BCUT2D eigenvalue weighted by Crippen LogP contribution is 2.43. The molecule has 1 aromatic carbocycles. The van der Waals surface area contributed by atoms with Crippen LogP contribution >= 0.6 is 0 Å². The van der Waals surface area contributed by atoms with E-state index in [0.29, 0.717) is 11.5 Å². The molecule has 0 spiro atoms. The molecule has 121 valence electrons. The summed E-state index contributed by atoms with van der Waals surface area (Å²) in [5, 5.41) is 0. The zero-order valence-corrected chi connectivity index (χ0v) is 14.4. The van der Waals surface area contributed by atoms with Crippen LogP contribution in [0.15, 0.2) is 18.2 Å². The van der Waals surface area contributed by atoms with Gasteiger partial charge in [0.25, 0.3) is 0 Å². The molecule has 0 saturated heterocycles. The molecule has 1 saturated carbocycles. The molecule has 2 rings (SSSR count). The number of hydrogen-bond acceptors (Lipinski definition) is 3. The molecule has 1 aliphatic carbocycles. The highest BCUT2D eigenvalue weighted by atomic mass is 17.2. The number of rotatable bonds is 3. The molecule has 0 amide bonds. The van der Waals surface area contributed by atoms with Crippen LogP contribution in [0.1, 0.15) is 67.9 Å². The van der Waals surface area contributed by atoms with Crippen LogP contribution in [-0.2, 0) is 9.78 Å². The van der Waals surface area contributed by atoms with E-state index in [1.165, 1.54) is 6.42 Å². The molecule has 0 bridgehead atoms. The average molecular weight is 303 g/mol. The highest BCUT2D eigenvalue weighted by molar-refractivity contribution is 5.90. The third kappa shape index (κ3) is 4.10. The lowest BCUT2D eigenvalue weighted by molar-refractivity contribution is -0.252. The third-order valence-electron chi connectivity index (χ3n) is 4.43. The quantitative estimate of drug-likeness (QED) is 0.571. The summed E-state index contributed by atoms with van der Waals surface area (Å²) >= 11 is 0. The second-order valence-electron chi connectivity index (χ2n) is 7.40. The van der Waals surface area contributed by atoms with Gasteiger partial charge in [-0.3, -0.25) is 4.89 Å². The van der Waals surface area contributed by atoms with Crippen LogP contribution in [0.4, 0.5) is 0 Å². The monoisotopic (exact) mass is 303 g/mol. The zero-order valence-electron chi connectivity index (χ0n) is 14.4. The maximum absolute atomic E-state index is 12.2. The van der Waals surface area contributed by atoms with Gasteiger partial charge in [-0.2, -0.15) is 4.89 Å². The van der Waals surface area contributed by atoms with Crippen molar-refractivity contribution in [3.63, 3.8) is 0 Å². The van der Waals surface area contributed by atoms with Crippen LogP contribution < -0.4 is 0 Å². The molecule has 0 heterocycles. The Morgan fingerprint density at radius 3 is 2.55 bits per heavy atom. The van der Waals surface area contributed by atoms with E-state index in [9.17, 15) is 4.79 Å². The van der Waals surface area contributed by atoms with Crippen molar-refractivity contribution in [3.8, 4) is 0 Å². The predicted molar refractivity (Wildman–Crippen MR) is 87.1 cm³/mol. The fraction of sp³-hybridized carbons (Fsp3) is 0.579. The molecule has 22 heavy (non-hydrogen) atoms. The van der Waals surface area contributed by atoms with Gasteiger partial charge >= 0.3 is 5.97 Å². The van der Waals surface area contributed by atoms with Gasteiger partial charge < -0.3 is 0 Å². The molecule has 1 aliphatic rings. The molecule has 0 N–H and O–H groups in total. The molecular weight excluding hydrogens is 276 g/mol. The van der Waals surface area contributed by atoms with Crippen LogP contribution in [0.2, 0.25) is 0 Å².